The molecule has 0 spiro atoms. The van der Waals surface area contributed by atoms with Gasteiger partial charge in [-0.1, -0.05) is 15.0 Å². The van der Waals surface area contributed by atoms with Gasteiger partial charge in [0.2, 0.25) is 6.79 Å². The van der Waals surface area contributed by atoms with E-state index in [-0.39, 0.29) is 37.0 Å². The Morgan fingerprint density at radius 1 is 1.09 bits per heavy atom. The number of carbonyl (C=O) groups excluding carboxylic acids is 2. The number of methoxy groups -OCH3 is 2. The maximum atomic E-state index is 14.6. The summed E-state index contributed by atoms with van der Waals surface area (Å²) in [6.45, 7) is 10.4. The lowest BCUT2D eigenvalue weighted by molar-refractivity contribution is -0.154. The Kier molecular flexibility index (Phi) is 14.5. The average molecular weight is 952 g/mol. The fourth-order valence-corrected chi connectivity index (χ4v) is 9.96. The van der Waals surface area contributed by atoms with Gasteiger partial charge in [-0.25, -0.2) is 4.79 Å². The minimum atomic E-state index is -1.26. The van der Waals surface area contributed by atoms with Crippen molar-refractivity contribution in [1.82, 2.24) is 15.5 Å². The Hall–Kier alpha value is -3.29. The van der Waals surface area contributed by atoms with E-state index in [0.717, 1.165) is 35.3 Å². The summed E-state index contributed by atoms with van der Waals surface area (Å²) in [7, 11) is 6.76. The molecule has 4 atom stereocenters. The van der Waals surface area contributed by atoms with Crippen LogP contribution < -0.4 is 39.1 Å². The molecule has 16 heteroatoms. The van der Waals surface area contributed by atoms with Crippen LogP contribution in [0.3, 0.4) is 0 Å². The number of aryl methyl sites for hydroxylation is 2. The van der Waals surface area contributed by atoms with E-state index in [1.807, 2.05) is 27.8 Å². The molecule has 0 aliphatic carbocycles. The number of esters is 2. The molecule has 3 heterocycles. The van der Waals surface area contributed by atoms with Gasteiger partial charge in [-0.05, 0) is 116 Å². The molecule has 2 unspecified atom stereocenters. The molecule has 316 valence electrons. The van der Waals surface area contributed by atoms with Crippen molar-refractivity contribution in [2.24, 2.45) is 0 Å². The number of phenolic OH excluding ortho intramolecular Hbond substituents is 1. The first kappa shape index (κ1) is 44.3. The SMILES string of the molecule is CN[C@@H]1c2c(cc(C)c(OC)c2OCCSI)CCCN(C(COC(=O)[C@]2(C)NCCc3cc(O)c(OC)cc32)c2c(C)c(OC(C)=O)c(C)c3c2OCO3)C1CS. The number of rotatable bonds is 14. The van der Waals surface area contributed by atoms with E-state index in [4.69, 9.17) is 45.8 Å². The van der Waals surface area contributed by atoms with Gasteiger partial charge in [0, 0.05) is 53.3 Å². The minimum Gasteiger partial charge on any atom is -0.504 e. The second-order valence-corrected chi connectivity index (χ2v) is 17.8. The van der Waals surface area contributed by atoms with Crippen molar-refractivity contribution in [3.05, 3.63) is 62.7 Å². The van der Waals surface area contributed by atoms with Crippen LogP contribution >= 0.6 is 42.8 Å². The van der Waals surface area contributed by atoms with E-state index < -0.39 is 23.5 Å². The van der Waals surface area contributed by atoms with E-state index in [2.05, 4.69) is 42.8 Å². The number of halogens is 1. The molecular formula is C42H54IN3O10S2. The molecular weight excluding hydrogens is 898 g/mol. The second kappa shape index (κ2) is 19.0. The number of nitrogens with zero attached hydrogens (tertiary/aromatic N) is 1. The summed E-state index contributed by atoms with van der Waals surface area (Å²) in [5.41, 5.74) is 5.41. The monoisotopic (exact) mass is 951 g/mol. The molecule has 0 radical (unpaired) electrons. The third kappa shape index (κ3) is 8.38. The van der Waals surface area contributed by atoms with Gasteiger partial charge in [0.25, 0.3) is 0 Å². The number of nitrogens with one attached hydrogen (secondary N) is 2. The zero-order valence-corrected chi connectivity index (χ0v) is 38.2. The molecule has 3 aliphatic heterocycles. The Morgan fingerprint density at radius 2 is 1.84 bits per heavy atom. The standard InChI is InChI=1S/C42H54IN3O10S2/c1-22-16-27-10-9-13-46(30(20-57)35(44-6)34(27)40(36(22)51-8)52-14-15-58-43)29(33-23(2)37(56-25(4)47)24(3)38-39(33)55-21-54-38)19-53-41(49)42(5)28-18-32(50-7)31(48)17-26(28)11-12-45-42/h16-18,29-30,35,44-45,48,57H,9-15,19-21H2,1-8H3/t29?,30?,35-,42+/m0/s1. The van der Waals surface area contributed by atoms with Crippen LogP contribution in [0.5, 0.6) is 40.2 Å². The van der Waals surface area contributed by atoms with E-state index >= 15 is 0 Å². The Bertz CT molecular complexity index is 2040. The molecule has 0 fully saturated rings. The smallest absolute Gasteiger partial charge is 0.330 e. The van der Waals surface area contributed by atoms with Gasteiger partial charge in [0.05, 0.1) is 32.9 Å². The molecule has 0 amide bonds. The first-order chi connectivity index (χ1) is 27.8. The first-order valence-electron chi connectivity index (χ1n) is 19.4. The molecule has 6 rings (SSSR count). The van der Waals surface area contributed by atoms with Crippen LogP contribution in [0.1, 0.15) is 76.9 Å². The highest BCUT2D eigenvalue weighted by Crippen LogP contribution is 2.52. The van der Waals surface area contributed by atoms with Crippen molar-refractivity contribution >= 4 is 54.7 Å². The molecule has 3 aromatic carbocycles. The Balaban J connectivity index is 1.50. The summed E-state index contributed by atoms with van der Waals surface area (Å²) in [5, 5.41) is 17.6. The molecule has 3 N–H and O–H groups in total. The number of aromatic hydroxyl groups is 1. The average Bonchev–Trinajstić information content (AvgIpc) is 3.68. The predicted molar refractivity (Wildman–Crippen MR) is 235 cm³/mol. The summed E-state index contributed by atoms with van der Waals surface area (Å²) in [6, 6.07) is 4.31. The van der Waals surface area contributed by atoms with Crippen LogP contribution in [0.4, 0.5) is 0 Å². The van der Waals surface area contributed by atoms with E-state index in [0.29, 0.717) is 82.9 Å². The normalized spacial score (nSPS) is 20.6. The number of ether oxygens (including phenoxy) is 7. The largest absolute Gasteiger partial charge is 0.504 e. The molecule has 58 heavy (non-hydrogen) atoms. The van der Waals surface area contributed by atoms with Gasteiger partial charge >= 0.3 is 11.9 Å². The number of hydrogen-bond donors (Lipinski definition) is 4. The van der Waals surface area contributed by atoms with Crippen molar-refractivity contribution in [2.45, 2.75) is 77.5 Å². The van der Waals surface area contributed by atoms with Gasteiger partial charge in [-0.3, -0.25) is 15.0 Å². The minimum absolute atomic E-state index is 0.00853. The molecule has 13 nitrogen and oxygen atoms in total. The molecule has 0 bridgehead atoms. The van der Waals surface area contributed by atoms with Crippen LogP contribution in [-0.4, -0.2) is 93.9 Å². The maximum Gasteiger partial charge on any atom is 0.330 e. The van der Waals surface area contributed by atoms with Gasteiger partial charge in [0.1, 0.15) is 17.9 Å². The van der Waals surface area contributed by atoms with Crippen molar-refractivity contribution in [1.29, 1.82) is 0 Å². The summed E-state index contributed by atoms with van der Waals surface area (Å²) < 4.78 is 42.7. The van der Waals surface area contributed by atoms with Gasteiger partial charge in [-0.2, -0.15) is 12.6 Å². The summed E-state index contributed by atoms with van der Waals surface area (Å²) >= 11 is 7.30. The van der Waals surface area contributed by atoms with Crippen LogP contribution in [0.25, 0.3) is 0 Å². The van der Waals surface area contributed by atoms with Crippen LogP contribution in [0, 0.1) is 20.8 Å². The Morgan fingerprint density at radius 3 is 2.52 bits per heavy atom. The number of carbonyl (C=O) groups is 2. The van der Waals surface area contributed by atoms with E-state index in [9.17, 15) is 14.7 Å². The zero-order chi connectivity index (χ0) is 41.9. The Labute approximate surface area is 362 Å². The summed E-state index contributed by atoms with van der Waals surface area (Å²) in [4.78, 5) is 29.5. The maximum absolute atomic E-state index is 14.6. The predicted octanol–water partition coefficient (Wildman–Crippen LogP) is 6.60. The number of hydrogen-bond acceptors (Lipinski definition) is 15. The zero-order valence-electron chi connectivity index (χ0n) is 34.3. The highest BCUT2D eigenvalue weighted by Gasteiger charge is 2.45. The fourth-order valence-electron chi connectivity index (χ4n) is 8.86. The van der Waals surface area contributed by atoms with Crippen molar-refractivity contribution in [3.8, 4) is 40.2 Å². The molecule has 0 saturated heterocycles. The highest BCUT2D eigenvalue weighted by atomic mass is 127. The third-order valence-electron chi connectivity index (χ3n) is 11.5. The number of thiol groups is 1. The first-order valence-corrected chi connectivity index (χ1v) is 23.5. The number of benzene rings is 3. The molecule has 3 aliphatic rings. The van der Waals surface area contributed by atoms with Gasteiger partial charge < -0.3 is 43.6 Å². The van der Waals surface area contributed by atoms with Crippen molar-refractivity contribution in [3.63, 3.8) is 0 Å². The lowest BCUT2D eigenvalue weighted by Crippen LogP contribution is -2.53. The van der Waals surface area contributed by atoms with E-state index in [1.54, 1.807) is 35.1 Å². The quantitative estimate of drug-likeness (QED) is 0.0453. The van der Waals surface area contributed by atoms with Crippen molar-refractivity contribution < 1.29 is 47.9 Å². The third-order valence-corrected chi connectivity index (χ3v) is 13.5. The lowest BCUT2D eigenvalue weighted by atomic mass is 9.83. The highest BCUT2D eigenvalue weighted by molar-refractivity contribution is 14.2. The number of phenols is 1. The molecule has 0 aromatic heterocycles. The number of fused-ring (bicyclic) bond motifs is 3. The topological polar surface area (TPSA) is 146 Å². The van der Waals surface area contributed by atoms with Crippen LogP contribution in [-0.2, 0) is 32.7 Å². The summed E-state index contributed by atoms with van der Waals surface area (Å²) in [5.74, 6) is 3.26. The molecule has 3 aromatic rings. The van der Waals surface area contributed by atoms with Crippen molar-refractivity contribution in [2.75, 3.05) is 65.9 Å². The lowest BCUT2D eigenvalue weighted by Gasteiger charge is -2.44. The van der Waals surface area contributed by atoms with Crippen LogP contribution in [0.2, 0.25) is 0 Å². The van der Waals surface area contributed by atoms with Crippen LogP contribution in [0.15, 0.2) is 18.2 Å². The van der Waals surface area contributed by atoms with E-state index in [1.165, 1.54) is 19.6 Å². The number of likely N-dealkylation sites (N-methyl/N-ethyl adjacent to an activating group) is 1. The van der Waals surface area contributed by atoms with Gasteiger partial charge in [-0.15, -0.1) is 0 Å². The molecule has 0 saturated carbocycles. The second-order valence-electron chi connectivity index (χ2n) is 14.9. The van der Waals surface area contributed by atoms with Gasteiger partial charge in [0.15, 0.2) is 34.5 Å². The fraction of sp³-hybridized carbons (Fsp3) is 0.524. The summed E-state index contributed by atoms with van der Waals surface area (Å²) in [6.07, 6.45) is 2.11.